The molecule has 0 bridgehead atoms. The Labute approximate surface area is 201 Å². The second kappa shape index (κ2) is 9.82. The van der Waals surface area contributed by atoms with Crippen molar-refractivity contribution in [2.45, 2.75) is 19.3 Å². The van der Waals surface area contributed by atoms with Crippen molar-refractivity contribution in [2.75, 3.05) is 32.8 Å². The molecule has 0 spiro atoms. The van der Waals surface area contributed by atoms with Crippen molar-refractivity contribution in [3.63, 3.8) is 0 Å². The van der Waals surface area contributed by atoms with Crippen LogP contribution in [0.2, 0.25) is 5.02 Å². The minimum Gasteiger partial charge on any atom is -0.484 e. The number of hydrogen-bond donors (Lipinski definition) is 0. The van der Waals surface area contributed by atoms with E-state index in [2.05, 4.69) is 10.3 Å². The number of benzene rings is 2. The lowest BCUT2D eigenvalue weighted by Gasteiger charge is -2.34. The number of halogens is 1. The number of nitrogens with zero attached hydrogens (tertiary/aromatic N) is 5. The Bertz CT molecular complexity index is 1160. The molecule has 0 saturated carbocycles. The molecule has 0 unspecified atom stereocenters. The van der Waals surface area contributed by atoms with Crippen molar-refractivity contribution >= 4 is 23.4 Å². The van der Waals surface area contributed by atoms with E-state index in [1.807, 2.05) is 54.6 Å². The van der Waals surface area contributed by atoms with Gasteiger partial charge in [-0.2, -0.15) is 0 Å². The zero-order valence-corrected chi connectivity index (χ0v) is 19.2. The molecule has 0 radical (unpaired) electrons. The van der Waals surface area contributed by atoms with Crippen LogP contribution in [0.4, 0.5) is 0 Å². The van der Waals surface area contributed by atoms with E-state index in [0.717, 1.165) is 5.56 Å². The molecule has 3 aromatic rings. The first kappa shape index (κ1) is 22.4. The smallest absolute Gasteiger partial charge is 0.276 e. The predicted octanol–water partition coefficient (Wildman–Crippen LogP) is 2.57. The van der Waals surface area contributed by atoms with Gasteiger partial charge in [0.2, 0.25) is 0 Å². The van der Waals surface area contributed by atoms with Crippen molar-refractivity contribution in [3.8, 4) is 5.75 Å². The van der Waals surface area contributed by atoms with Crippen LogP contribution in [-0.2, 0) is 22.7 Å². The van der Waals surface area contributed by atoms with Crippen LogP contribution >= 0.6 is 11.6 Å². The summed E-state index contributed by atoms with van der Waals surface area (Å²) in [4.78, 5) is 29.0. The molecule has 9 nitrogen and oxygen atoms in total. The van der Waals surface area contributed by atoms with E-state index >= 15 is 0 Å². The number of piperazine rings is 1. The zero-order valence-electron chi connectivity index (χ0n) is 18.5. The van der Waals surface area contributed by atoms with Gasteiger partial charge in [-0.3, -0.25) is 9.59 Å². The Morgan fingerprint density at radius 1 is 1.00 bits per heavy atom. The van der Waals surface area contributed by atoms with E-state index in [9.17, 15) is 9.59 Å². The average molecular weight is 482 g/mol. The van der Waals surface area contributed by atoms with Gasteiger partial charge in [0.05, 0.1) is 18.8 Å². The van der Waals surface area contributed by atoms with Crippen molar-refractivity contribution in [1.82, 2.24) is 24.8 Å². The number of ether oxygens (including phenoxy) is 2. The van der Waals surface area contributed by atoms with E-state index in [-0.39, 0.29) is 31.1 Å². The molecule has 2 aliphatic rings. The lowest BCUT2D eigenvalue weighted by Crippen LogP contribution is -2.51. The highest BCUT2D eigenvalue weighted by Gasteiger charge is 2.32. The summed E-state index contributed by atoms with van der Waals surface area (Å²) in [5.41, 5.74) is 1.97. The van der Waals surface area contributed by atoms with Crippen LogP contribution in [-0.4, -0.2) is 69.4 Å². The van der Waals surface area contributed by atoms with Crippen molar-refractivity contribution in [2.24, 2.45) is 0 Å². The first-order valence-electron chi connectivity index (χ1n) is 11.1. The van der Waals surface area contributed by atoms with Crippen LogP contribution in [0, 0.1) is 0 Å². The maximum atomic E-state index is 13.1. The molecule has 2 aromatic carbocycles. The van der Waals surface area contributed by atoms with Gasteiger partial charge in [-0.1, -0.05) is 47.1 Å². The van der Waals surface area contributed by atoms with E-state index in [1.165, 1.54) is 0 Å². The van der Waals surface area contributed by atoms with Gasteiger partial charge in [-0.05, 0) is 29.8 Å². The number of rotatable bonds is 5. The number of carbonyl (C=O) groups is 2. The fraction of sp³-hybridized carbons (Fsp3) is 0.333. The lowest BCUT2D eigenvalue weighted by molar-refractivity contribution is -0.134. The minimum atomic E-state index is -0.192. The third-order valence-corrected chi connectivity index (χ3v) is 6.32. The first-order chi connectivity index (χ1) is 16.6. The van der Waals surface area contributed by atoms with Crippen molar-refractivity contribution in [1.29, 1.82) is 0 Å². The van der Waals surface area contributed by atoms with Gasteiger partial charge in [0, 0.05) is 31.2 Å². The quantitative estimate of drug-likeness (QED) is 0.556. The van der Waals surface area contributed by atoms with Gasteiger partial charge in [0.15, 0.2) is 12.3 Å². The summed E-state index contributed by atoms with van der Waals surface area (Å²) in [5, 5.41) is 9.01. The molecule has 5 rings (SSSR count). The van der Waals surface area contributed by atoms with Crippen LogP contribution in [0.1, 0.15) is 27.8 Å². The minimum absolute atomic E-state index is 0.0252. The molecule has 1 saturated heterocycles. The van der Waals surface area contributed by atoms with Gasteiger partial charge in [-0.15, -0.1) is 5.10 Å². The first-order valence-corrected chi connectivity index (χ1v) is 11.5. The summed E-state index contributed by atoms with van der Waals surface area (Å²) in [6, 6.07) is 16.7. The summed E-state index contributed by atoms with van der Waals surface area (Å²) in [5.74, 6) is 0.364. The summed E-state index contributed by atoms with van der Waals surface area (Å²) >= 11 is 5.97. The fourth-order valence-corrected chi connectivity index (χ4v) is 4.24. The Morgan fingerprint density at radius 2 is 1.71 bits per heavy atom. The van der Waals surface area contributed by atoms with Gasteiger partial charge in [0.1, 0.15) is 11.9 Å². The Morgan fingerprint density at radius 3 is 2.44 bits per heavy atom. The van der Waals surface area contributed by atoms with Crippen LogP contribution in [0.3, 0.4) is 0 Å². The molecule has 3 heterocycles. The molecule has 0 N–H and O–H groups in total. The highest BCUT2D eigenvalue weighted by atomic mass is 35.5. The van der Waals surface area contributed by atoms with E-state index < -0.39 is 0 Å². The van der Waals surface area contributed by atoms with Gasteiger partial charge in [0.25, 0.3) is 11.8 Å². The van der Waals surface area contributed by atoms with Crippen LogP contribution < -0.4 is 4.74 Å². The van der Waals surface area contributed by atoms with E-state index in [4.69, 9.17) is 21.1 Å². The molecule has 176 valence electrons. The Hall–Kier alpha value is -3.43. The van der Waals surface area contributed by atoms with Crippen LogP contribution in [0.5, 0.6) is 5.75 Å². The third-order valence-electron chi connectivity index (χ3n) is 6.07. The van der Waals surface area contributed by atoms with Crippen molar-refractivity contribution in [3.05, 3.63) is 76.6 Å². The zero-order chi connectivity index (χ0) is 23.5. The average Bonchev–Trinajstić information content (AvgIpc) is 3.31. The molecule has 34 heavy (non-hydrogen) atoms. The fourth-order valence-electron chi connectivity index (χ4n) is 4.12. The molecule has 2 aliphatic heterocycles. The standard InChI is InChI=1S/C24H24ClN5O4/c25-18-8-6-17(7-9-18)21-14-30-20(15-34-21)23(26-27-30)24(32)29-12-10-28(11-13-29)22(31)16-33-19-4-2-1-3-5-19/h1-9,21H,10-16H2/t21-/m0/s1. The summed E-state index contributed by atoms with van der Waals surface area (Å²) in [6.45, 7) is 2.44. The van der Waals surface area contributed by atoms with Gasteiger partial charge < -0.3 is 19.3 Å². The molecule has 1 atom stereocenters. The summed E-state index contributed by atoms with van der Waals surface area (Å²) < 4.78 is 13.3. The maximum absolute atomic E-state index is 13.1. The van der Waals surface area contributed by atoms with Crippen LogP contribution in [0.15, 0.2) is 54.6 Å². The number of aromatic nitrogens is 3. The number of para-hydroxylation sites is 1. The Balaban J connectivity index is 1.16. The molecule has 1 aromatic heterocycles. The largest absolute Gasteiger partial charge is 0.484 e. The molecule has 2 amide bonds. The number of amides is 2. The molecule has 1 fully saturated rings. The molecular formula is C24H24ClN5O4. The highest BCUT2D eigenvalue weighted by Crippen LogP contribution is 2.28. The second-order valence-corrected chi connectivity index (χ2v) is 8.63. The number of fused-ring (bicyclic) bond motifs is 1. The predicted molar refractivity (Wildman–Crippen MR) is 123 cm³/mol. The number of hydrogen-bond acceptors (Lipinski definition) is 6. The SMILES string of the molecule is O=C(COc1ccccc1)N1CCN(C(=O)c2nnn3c2CO[C@H](c2ccc(Cl)cc2)C3)CC1. The summed E-state index contributed by atoms with van der Waals surface area (Å²) in [6.07, 6.45) is -0.179. The summed E-state index contributed by atoms with van der Waals surface area (Å²) in [7, 11) is 0. The Kier molecular flexibility index (Phi) is 6.46. The van der Waals surface area contributed by atoms with Crippen molar-refractivity contribution < 1.29 is 19.1 Å². The van der Waals surface area contributed by atoms with Gasteiger partial charge >= 0.3 is 0 Å². The van der Waals surface area contributed by atoms with Crippen LogP contribution in [0.25, 0.3) is 0 Å². The normalized spacial score (nSPS) is 17.9. The monoisotopic (exact) mass is 481 g/mol. The third kappa shape index (κ3) is 4.76. The topological polar surface area (TPSA) is 89.8 Å². The highest BCUT2D eigenvalue weighted by molar-refractivity contribution is 6.30. The number of carbonyl (C=O) groups excluding carboxylic acids is 2. The molecular weight excluding hydrogens is 458 g/mol. The lowest BCUT2D eigenvalue weighted by atomic mass is 10.1. The van der Waals surface area contributed by atoms with E-state index in [0.29, 0.717) is 54.9 Å². The van der Waals surface area contributed by atoms with E-state index in [1.54, 1.807) is 14.5 Å². The molecule has 10 heteroatoms. The maximum Gasteiger partial charge on any atom is 0.276 e. The second-order valence-electron chi connectivity index (χ2n) is 8.19. The molecule has 0 aliphatic carbocycles. The van der Waals surface area contributed by atoms with Gasteiger partial charge in [-0.25, -0.2) is 4.68 Å².